The molecule has 0 bridgehead atoms. The normalized spacial score (nSPS) is 13.6. The number of rotatable bonds is 4. The lowest BCUT2D eigenvalue weighted by Crippen LogP contribution is -2.32. The van der Waals surface area contributed by atoms with Crippen LogP contribution in [0.3, 0.4) is 0 Å². The van der Waals surface area contributed by atoms with Gasteiger partial charge in [0.05, 0.1) is 0 Å². The zero-order chi connectivity index (χ0) is 14.8. The van der Waals surface area contributed by atoms with Crippen LogP contribution in [0, 0.1) is 5.41 Å². The fourth-order valence-electron chi connectivity index (χ4n) is 1.52. The van der Waals surface area contributed by atoms with E-state index in [1.54, 1.807) is 13.8 Å². The molecule has 4 N–H and O–H groups in total. The number of nitrogens with two attached hydrogens (primary N) is 1. The lowest BCUT2D eigenvalue weighted by Gasteiger charge is -2.30. The van der Waals surface area contributed by atoms with Crippen molar-refractivity contribution in [3.8, 4) is 11.5 Å². The maximum Gasteiger partial charge on any atom is 0.573 e. The number of hydrogen-bond acceptors (Lipinski definition) is 4. The minimum absolute atomic E-state index is 0. The van der Waals surface area contributed by atoms with Gasteiger partial charge in [-0.25, -0.2) is 0 Å². The molecule has 0 saturated carbocycles. The SMILES string of the molecule is CC(C)(CO)[C@H](N)c1cccc(OC(F)(F)F)c1O.Cl. The van der Waals surface area contributed by atoms with Crippen LogP contribution in [0.15, 0.2) is 18.2 Å². The maximum atomic E-state index is 12.1. The van der Waals surface area contributed by atoms with Gasteiger partial charge in [-0.3, -0.25) is 0 Å². The summed E-state index contributed by atoms with van der Waals surface area (Å²) in [5, 5.41) is 19.0. The van der Waals surface area contributed by atoms with Gasteiger partial charge in [0.1, 0.15) is 0 Å². The highest BCUT2D eigenvalue weighted by Crippen LogP contribution is 2.41. The fourth-order valence-corrected chi connectivity index (χ4v) is 1.52. The monoisotopic (exact) mass is 315 g/mol. The van der Waals surface area contributed by atoms with Crippen LogP contribution in [0.1, 0.15) is 25.5 Å². The summed E-state index contributed by atoms with van der Waals surface area (Å²) in [4.78, 5) is 0. The topological polar surface area (TPSA) is 75.7 Å². The zero-order valence-electron chi connectivity index (χ0n) is 10.9. The van der Waals surface area contributed by atoms with Crippen LogP contribution in [0.5, 0.6) is 11.5 Å². The molecule has 0 fully saturated rings. The Morgan fingerprint density at radius 1 is 1.30 bits per heavy atom. The Kier molecular flexibility index (Phi) is 6.13. The predicted octanol–water partition coefficient (Wildman–Crippen LogP) is 2.73. The van der Waals surface area contributed by atoms with E-state index in [4.69, 9.17) is 5.73 Å². The Morgan fingerprint density at radius 2 is 1.85 bits per heavy atom. The Hall–Kier alpha value is -1.18. The number of alkyl halides is 3. The van der Waals surface area contributed by atoms with Gasteiger partial charge in [0, 0.05) is 23.6 Å². The van der Waals surface area contributed by atoms with Crippen molar-refractivity contribution in [2.75, 3.05) is 6.61 Å². The summed E-state index contributed by atoms with van der Waals surface area (Å²) in [6.45, 7) is 2.99. The van der Waals surface area contributed by atoms with Crippen molar-refractivity contribution in [2.24, 2.45) is 11.1 Å². The molecule has 1 atom stereocenters. The second-order valence-electron chi connectivity index (χ2n) is 4.87. The molecule has 0 saturated heterocycles. The number of phenols is 1. The summed E-state index contributed by atoms with van der Waals surface area (Å²) in [5.74, 6) is -1.39. The number of halogens is 4. The first-order valence-electron chi connectivity index (χ1n) is 5.52. The third-order valence-electron chi connectivity index (χ3n) is 2.84. The van der Waals surface area contributed by atoms with Crippen molar-refractivity contribution < 1.29 is 28.1 Å². The predicted molar refractivity (Wildman–Crippen MR) is 69.8 cm³/mol. The second-order valence-corrected chi connectivity index (χ2v) is 4.87. The van der Waals surface area contributed by atoms with Crippen LogP contribution in [0.25, 0.3) is 0 Å². The summed E-state index contributed by atoms with van der Waals surface area (Å²) in [6, 6.07) is 2.84. The van der Waals surface area contributed by atoms with Crippen LogP contribution in [0.4, 0.5) is 13.2 Å². The summed E-state index contributed by atoms with van der Waals surface area (Å²) in [6.07, 6.45) is -4.90. The first-order valence-corrected chi connectivity index (χ1v) is 5.52. The number of benzene rings is 1. The fraction of sp³-hybridized carbons (Fsp3) is 0.500. The minimum atomic E-state index is -4.90. The highest BCUT2D eigenvalue weighted by molar-refractivity contribution is 5.85. The highest BCUT2D eigenvalue weighted by Gasteiger charge is 2.34. The van der Waals surface area contributed by atoms with Gasteiger partial charge in [0.2, 0.25) is 0 Å². The third kappa shape index (κ3) is 4.43. The molecule has 1 aromatic carbocycles. The van der Waals surface area contributed by atoms with Gasteiger partial charge in [0.25, 0.3) is 0 Å². The molecule has 1 rings (SSSR count). The number of aliphatic hydroxyl groups is 1. The molecule has 0 radical (unpaired) electrons. The molecule has 0 aromatic heterocycles. The van der Waals surface area contributed by atoms with Gasteiger partial charge in [-0.05, 0) is 6.07 Å². The minimum Gasteiger partial charge on any atom is -0.504 e. The number of aromatic hydroxyl groups is 1. The van der Waals surface area contributed by atoms with Crippen LogP contribution in [0.2, 0.25) is 0 Å². The molecular formula is C12H17ClF3NO3. The average molecular weight is 316 g/mol. The second kappa shape index (κ2) is 6.51. The standard InChI is InChI=1S/C12H16F3NO3.ClH/c1-11(2,6-17)10(16)7-4-3-5-8(9(7)18)19-12(13,14)15;/h3-5,10,17-18H,6,16H2,1-2H3;1H/t10-;/m1./s1. The van der Waals surface area contributed by atoms with Gasteiger partial charge in [0.15, 0.2) is 11.5 Å². The molecule has 116 valence electrons. The number of para-hydroxylation sites is 1. The van der Waals surface area contributed by atoms with Crippen molar-refractivity contribution >= 4 is 12.4 Å². The first-order chi connectivity index (χ1) is 8.58. The van der Waals surface area contributed by atoms with E-state index < -0.39 is 29.3 Å². The molecule has 8 heteroatoms. The Bertz CT molecular complexity index is 452. The van der Waals surface area contributed by atoms with Crippen LogP contribution in [-0.2, 0) is 0 Å². The van der Waals surface area contributed by atoms with Crippen molar-refractivity contribution in [3.05, 3.63) is 23.8 Å². The van der Waals surface area contributed by atoms with Crippen molar-refractivity contribution in [1.82, 2.24) is 0 Å². The number of hydrogen-bond donors (Lipinski definition) is 3. The Labute approximate surface area is 120 Å². The molecule has 20 heavy (non-hydrogen) atoms. The largest absolute Gasteiger partial charge is 0.573 e. The van der Waals surface area contributed by atoms with Crippen molar-refractivity contribution in [2.45, 2.75) is 26.3 Å². The molecule has 4 nitrogen and oxygen atoms in total. The van der Waals surface area contributed by atoms with Gasteiger partial charge >= 0.3 is 6.36 Å². The molecule has 0 heterocycles. The van der Waals surface area contributed by atoms with E-state index in [1.165, 1.54) is 12.1 Å². The molecule has 1 aromatic rings. The molecule has 0 spiro atoms. The lowest BCUT2D eigenvalue weighted by atomic mass is 9.81. The summed E-state index contributed by atoms with van der Waals surface area (Å²) in [5.41, 5.74) is 5.15. The third-order valence-corrected chi connectivity index (χ3v) is 2.84. The van der Waals surface area contributed by atoms with Crippen molar-refractivity contribution in [1.29, 1.82) is 0 Å². The van der Waals surface area contributed by atoms with E-state index in [0.717, 1.165) is 6.07 Å². The molecule has 0 amide bonds. The van der Waals surface area contributed by atoms with E-state index in [0.29, 0.717) is 0 Å². The smallest absolute Gasteiger partial charge is 0.504 e. The van der Waals surface area contributed by atoms with E-state index in [2.05, 4.69) is 4.74 Å². The van der Waals surface area contributed by atoms with E-state index in [-0.39, 0.29) is 24.6 Å². The maximum absolute atomic E-state index is 12.1. The highest BCUT2D eigenvalue weighted by atomic mass is 35.5. The van der Waals surface area contributed by atoms with Crippen LogP contribution < -0.4 is 10.5 Å². The summed E-state index contributed by atoms with van der Waals surface area (Å²) < 4.78 is 40.2. The van der Waals surface area contributed by atoms with Crippen LogP contribution >= 0.6 is 12.4 Å². The first kappa shape index (κ1) is 18.8. The molecule has 0 aliphatic heterocycles. The number of aliphatic hydroxyl groups excluding tert-OH is 1. The summed E-state index contributed by atoms with van der Waals surface area (Å²) in [7, 11) is 0. The zero-order valence-corrected chi connectivity index (χ0v) is 11.8. The number of ether oxygens (including phenoxy) is 1. The Morgan fingerprint density at radius 3 is 2.30 bits per heavy atom. The van der Waals surface area contributed by atoms with Gasteiger partial charge in [-0.1, -0.05) is 26.0 Å². The quantitative estimate of drug-likeness (QED) is 0.798. The van der Waals surface area contributed by atoms with Crippen LogP contribution in [-0.4, -0.2) is 23.2 Å². The van der Waals surface area contributed by atoms with Gasteiger partial charge < -0.3 is 20.7 Å². The van der Waals surface area contributed by atoms with Gasteiger partial charge in [-0.2, -0.15) is 0 Å². The summed E-state index contributed by atoms with van der Waals surface area (Å²) >= 11 is 0. The molecule has 0 aliphatic rings. The van der Waals surface area contributed by atoms with E-state index in [9.17, 15) is 23.4 Å². The van der Waals surface area contributed by atoms with Gasteiger partial charge in [-0.15, -0.1) is 25.6 Å². The molecule has 0 unspecified atom stereocenters. The van der Waals surface area contributed by atoms with E-state index in [1.807, 2.05) is 0 Å². The lowest BCUT2D eigenvalue weighted by molar-refractivity contribution is -0.275. The van der Waals surface area contributed by atoms with Crippen molar-refractivity contribution in [3.63, 3.8) is 0 Å². The molecular weight excluding hydrogens is 299 g/mol. The average Bonchev–Trinajstić information content (AvgIpc) is 2.29. The Balaban J connectivity index is 0.00000361. The molecule has 0 aliphatic carbocycles. The number of phenolic OH excluding ortho intramolecular Hbond substituents is 1. The van der Waals surface area contributed by atoms with E-state index >= 15 is 0 Å².